The minimum Gasteiger partial charge on any atom is -0.461 e. The first kappa shape index (κ1) is 17.5. The van der Waals surface area contributed by atoms with Gasteiger partial charge in [0.15, 0.2) is 6.61 Å². The Labute approximate surface area is 138 Å². The molecule has 0 heterocycles. The van der Waals surface area contributed by atoms with Crippen LogP contribution in [0.25, 0.3) is 0 Å². The van der Waals surface area contributed by atoms with Gasteiger partial charge in [-0.2, -0.15) is 8.78 Å². The van der Waals surface area contributed by atoms with Crippen LogP contribution in [0, 0.1) is 11.8 Å². The van der Waals surface area contributed by atoms with Crippen LogP contribution in [0.1, 0.15) is 38.5 Å². The molecule has 2 unspecified atom stereocenters. The van der Waals surface area contributed by atoms with Gasteiger partial charge < -0.3 is 19.3 Å². The van der Waals surface area contributed by atoms with Gasteiger partial charge in [0.05, 0.1) is 17.8 Å². The highest BCUT2D eigenvalue weighted by Crippen LogP contribution is 2.58. The number of hydrogen-bond acceptors (Lipinski definition) is 6. The molecule has 0 aromatic heterocycles. The second-order valence-electron chi connectivity index (χ2n) is 7.35. The summed E-state index contributed by atoms with van der Waals surface area (Å²) in [7, 11) is 0. The Morgan fingerprint density at radius 2 is 1.75 bits per heavy atom. The van der Waals surface area contributed by atoms with E-state index < -0.39 is 30.6 Å². The van der Waals surface area contributed by atoms with Crippen molar-refractivity contribution in [2.75, 3.05) is 19.8 Å². The third-order valence-electron chi connectivity index (χ3n) is 5.24. The fourth-order valence-electron chi connectivity index (χ4n) is 4.95. The highest BCUT2D eigenvalue weighted by atomic mass is 19.3. The zero-order valence-corrected chi connectivity index (χ0v) is 13.3. The Bertz CT molecular complexity index is 495. The van der Waals surface area contributed by atoms with Crippen LogP contribution in [0.3, 0.4) is 0 Å². The number of aliphatic hydroxyl groups is 1. The number of hydrogen-bond donors (Lipinski definition) is 1. The van der Waals surface area contributed by atoms with Gasteiger partial charge in [0.25, 0.3) is 0 Å². The molecule has 4 rings (SSSR count). The molecule has 0 radical (unpaired) electrons. The zero-order chi connectivity index (χ0) is 17.4. The minimum absolute atomic E-state index is 0.0411. The van der Waals surface area contributed by atoms with Gasteiger partial charge in [-0.05, 0) is 43.9 Å². The third kappa shape index (κ3) is 3.85. The van der Waals surface area contributed by atoms with Crippen LogP contribution in [0.15, 0.2) is 0 Å². The minimum atomic E-state index is -3.26. The molecule has 2 atom stereocenters. The van der Waals surface area contributed by atoms with Crippen molar-refractivity contribution in [3.8, 4) is 0 Å². The number of alkyl halides is 2. The van der Waals surface area contributed by atoms with Gasteiger partial charge in [-0.15, -0.1) is 0 Å². The summed E-state index contributed by atoms with van der Waals surface area (Å²) >= 11 is 0. The molecule has 136 valence electrons. The molecule has 4 aliphatic rings. The van der Waals surface area contributed by atoms with Crippen molar-refractivity contribution in [2.24, 2.45) is 11.8 Å². The van der Waals surface area contributed by atoms with E-state index in [0.717, 1.165) is 32.1 Å². The largest absolute Gasteiger partial charge is 0.461 e. The van der Waals surface area contributed by atoms with Gasteiger partial charge in [0.2, 0.25) is 0 Å². The number of esters is 2. The Morgan fingerprint density at radius 1 is 1.08 bits per heavy atom. The van der Waals surface area contributed by atoms with E-state index in [9.17, 15) is 23.5 Å². The predicted octanol–water partition coefficient (Wildman–Crippen LogP) is 1.44. The van der Waals surface area contributed by atoms with Gasteiger partial charge in [-0.1, -0.05) is 0 Å². The van der Waals surface area contributed by atoms with E-state index in [0.29, 0.717) is 18.3 Å². The Morgan fingerprint density at radius 3 is 2.33 bits per heavy atom. The number of halogens is 2. The second-order valence-corrected chi connectivity index (χ2v) is 7.35. The fourth-order valence-corrected chi connectivity index (χ4v) is 4.95. The maximum Gasteiger partial charge on any atom is 0.374 e. The summed E-state index contributed by atoms with van der Waals surface area (Å²) < 4.78 is 38.7. The topological polar surface area (TPSA) is 82.1 Å². The summed E-state index contributed by atoms with van der Waals surface area (Å²) in [5.41, 5.74) is -0.961. The van der Waals surface area contributed by atoms with E-state index in [2.05, 4.69) is 4.74 Å². The lowest BCUT2D eigenvalue weighted by Crippen LogP contribution is -2.60. The Balaban J connectivity index is 1.38. The standard InChI is InChI=1S/C16H22F2O6/c17-13(18)14(20)23-8-12(19)22-1-2-24-16-6-10-3-11(7-16)5-15(21,4-10)9-16/h10-11,13,21H,1-9H2. The van der Waals surface area contributed by atoms with Crippen molar-refractivity contribution in [3.63, 3.8) is 0 Å². The van der Waals surface area contributed by atoms with E-state index in [1.54, 1.807) is 0 Å². The molecular weight excluding hydrogens is 326 g/mol. The van der Waals surface area contributed by atoms with Crippen LogP contribution in [0.5, 0.6) is 0 Å². The smallest absolute Gasteiger partial charge is 0.374 e. The molecule has 0 aromatic rings. The first-order chi connectivity index (χ1) is 11.3. The van der Waals surface area contributed by atoms with Crippen molar-refractivity contribution in [1.82, 2.24) is 0 Å². The Hall–Kier alpha value is -1.28. The van der Waals surface area contributed by atoms with Crippen molar-refractivity contribution < 1.29 is 37.7 Å². The summed E-state index contributed by atoms with van der Waals surface area (Å²) in [5, 5.41) is 10.6. The lowest BCUT2D eigenvalue weighted by atomic mass is 9.52. The average Bonchev–Trinajstić information content (AvgIpc) is 2.46. The number of carbonyl (C=O) groups is 2. The van der Waals surface area contributed by atoms with Crippen LogP contribution < -0.4 is 0 Å². The van der Waals surface area contributed by atoms with Crippen molar-refractivity contribution in [3.05, 3.63) is 0 Å². The molecule has 1 N–H and O–H groups in total. The second kappa shape index (κ2) is 6.55. The number of carbonyl (C=O) groups excluding carboxylic acids is 2. The van der Waals surface area contributed by atoms with Gasteiger partial charge in [0.1, 0.15) is 6.61 Å². The van der Waals surface area contributed by atoms with Gasteiger partial charge >= 0.3 is 18.4 Å². The lowest BCUT2D eigenvalue weighted by Gasteiger charge is -2.59. The zero-order valence-electron chi connectivity index (χ0n) is 13.3. The molecule has 0 aliphatic heterocycles. The maximum atomic E-state index is 11.9. The van der Waals surface area contributed by atoms with Crippen molar-refractivity contribution in [1.29, 1.82) is 0 Å². The van der Waals surface area contributed by atoms with Gasteiger partial charge in [-0.3, -0.25) is 0 Å². The maximum absolute atomic E-state index is 11.9. The SMILES string of the molecule is O=C(COC(=O)C(F)F)OCCOC12CC3CC(CC(O)(C3)C1)C2. The van der Waals surface area contributed by atoms with Gasteiger partial charge in [0, 0.05) is 6.42 Å². The molecule has 4 aliphatic carbocycles. The van der Waals surface area contributed by atoms with E-state index >= 15 is 0 Å². The van der Waals surface area contributed by atoms with Gasteiger partial charge in [-0.25, -0.2) is 9.59 Å². The molecule has 0 saturated heterocycles. The summed E-state index contributed by atoms with van der Waals surface area (Å²) in [5.74, 6) is -1.65. The quantitative estimate of drug-likeness (QED) is 0.554. The molecular formula is C16H22F2O6. The molecule has 4 saturated carbocycles. The summed E-state index contributed by atoms with van der Waals surface area (Å²) in [6.45, 7) is -0.706. The van der Waals surface area contributed by atoms with E-state index in [1.807, 2.05) is 0 Å². The normalized spacial score (nSPS) is 36.8. The van der Waals surface area contributed by atoms with Crippen LogP contribution in [-0.4, -0.2) is 54.5 Å². The van der Waals surface area contributed by atoms with Crippen LogP contribution in [0.4, 0.5) is 8.78 Å². The average molecular weight is 348 g/mol. The first-order valence-electron chi connectivity index (χ1n) is 8.26. The monoisotopic (exact) mass is 348 g/mol. The fraction of sp³-hybridized carbons (Fsp3) is 0.875. The number of ether oxygens (including phenoxy) is 3. The summed E-state index contributed by atoms with van der Waals surface area (Å²) in [6, 6.07) is 0. The predicted molar refractivity (Wildman–Crippen MR) is 76.2 cm³/mol. The molecule has 8 heteroatoms. The molecule has 0 aromatic carbocycles. The number of rotatable bonds is 7. The molecule has 4 fully saturated rings. The Kier molecular flexibility index (Phi) is 4.79. The molecule has 24 heavy (non-hydrogen) atoms. The lowest BCUT2D eigenvalue weighted by molar-refractivity contribution is -0.223. The first-order valence-corrected chi connectivity index (χ1v) is 8.26. The van der Waals surface area contributed by atoms with E-state index in [-0.39, 0.29) is 18.8 Å². The molecule has 4 bridgehead atoms. The van der Waals surface area contributed by atoms with Crippen LogP contribution >= 0.6 is 0 Å². The highest BCUT2D eigenvalue weighted by Gasteiger charge is 2.57. The van der Waals surface area contributed by atoms with E-state index in [1.165, 1.54) is 0 Å². The van der Waals surface area contributed by atoms with E-state index in [4.69, 9.17) is 9.47 Å². The third-order valence-corrected chi connectivity index (χ3v) is 5.24. The van der Waals surface area contributed by atoms with Crippen molar-refractivity contribution >= 4 is 11.9 Å². The summed E-state index contributed by atoms with van der Waals surface area (Å²) in [6.07, 6.45) is 2.05. The highest BCUT2D eigenvalue weighted by molar-refractivity contribution is 5.77. The van der Waals surface area contributed by atoms with Crippen LogP contribution in [-0.2, 0) is 23.8 Å². The summed E-state index contributed by atoms with van der Waals surface area (Å²) in [4.78, 5) is 21.8. The molecule has 0 spiro atoms. The van der Waals surface area contributed by atoms with Crippen LogP contribution in [0.2, 0.25) is 0 Å². The molecule has 6 nitrogen and oxygen atoms in total. The molecule has 0 amide bonds. The van der Waals surface area contributed by atoms with Crippen molar-refractivity contribution in [2.45, 2.75) is 56.2 Å².